The molecule has 0 aliphatic rings. The molecule has 15 heavy (non-hydrogen) atoms. The lowest BCUT2D eigenvalue weighted by Gasteiger charge is -1.89. The van der Waals surface area contributed by atoms with Crippen molar-refractivity contribution >= 4 is 26.9 Å². The summed E-state index contributed by atoms with van der Waals surface area (Å²) in [5.74, 6) is 0.954. The zero-order valence-corrected chi connectivity index (χ0v) is 10.7. The summed E-state index contributed by atoms with van der Waals surface area (Å²) in [6.07, 6.45) is 0.798. The van der Waals surface area contributed by atoms with Crippen molar-refractivity contribution in [2.45, 2.75) is 20.3 Å². The second kappa shape index (κ2) is 5.93. The Hall–Kier alpha value is -0.800. The molecule has 2 N–H and O–H groups in total. The molecule has 0 amide bonds. The summed E-state index contributed by atoms with van der Waals surface area (Å²) in [4.78, 5) is 0. The van der Waals surface area contributed by atoms with Gasteiger partial charge in [0.05, 0.1) is 0 Å². The first-order chi connectivity index (χ1) is 7.29. The first-order valence-electron chi connectivity index (χ1n) is 5.17. The fourth-order valence-corrected chi connectivity index (χ4v) is 1.67. The van der Waals surface area contributed by atoms with Gasteiger partial charge in [0, 0.05) is 16.3 Å². The minimum atomic E-state index is 0.626. The second-order valence-electron chi connectivity index (χ2n) is 2.93. The van der Waals surface area contributed by atoms with Crippen molar-refractivity contribution < 1.29 is 4.42 Å². The highest BCUT2D eigenvalue weighted by Gasteiger charge is 2.02. The van der Waals surface area contributed by atoms with Gasteiger partial charge in [0.25, 0.3) is 0 Å². The summed E-state index contributed by atoms with van der Waals surface area (Å²) >= 11 is 3.40. The summed E-state index contributed by atoms with van der Waals surface area (Å²) < 4.78 is 6.62. The van der Waals surface area contributed by atoms with E-state index in [0.29, 0.717) is 6.54 Å². The molecule has 2 rings (SSSR count). The van der Waals surface area contributed by atoms with Gasteiger partial charge in [0.15, 0.2) is 0 Å². The van der Waals surface area contributed by atoms with Crippen LogP contribution in [0.2, 0.25) is 0 Å². The molecule has 0 bridgehead atoms. The quantitative estimate of drug-likeness (QED) is 0.903. The van der Waals surface area contributed by atoms with E-state index in [1.807, 2.05) is 38.1 Å². The minimum absolute atomic E-state index is 0.626. The number of benzene rings is 1. The van der Waals surface area contributed by atoms with E-state index in [0.717, 1.165) is 27.6 Å². The van der Waals surface area contributed by atoms with Crippen molar-refractivity contribution in [2.24, 2.45) is 5.73 Å². The molecular weight excluding hydrogens is 254 g/mol. The van der Waals surface area contributed by atoms with E-state index >= 15 is 0 Å². The molecule has 0 spiro atoms. The molecule has 0 unspecified atom stereocenters. The van der Waals surface area contributed by atoms with Crippen LogP contribution in [0.4, 0.5) is 0 Å². The van der Waals surface area contributed by atoms with Gasteiger partial charge in [-0.1, -0.05) is 29.8 Å². The fourth-order valence-electron chi connectivity index (χ4n) is 1.33. The molecule has 1 aromatic carbocycles. The van der Waals surface area contributed by atoms with E-state index in [4.69, 9.17) is 10.2 Å². The van der Waals surface area contributed by atoms with Crippen LogP contribution in [-0.4, -0.2) is 6.54 Å². The lowest BCUT2D eigenvalue weighted by Crippen LogP contribution is -2.01. The summed E-state index contributed by atoms with van der Waals surface area (Å²) in [5, 5.41) is 1.13. The largest absolute Gasteiger partial charge is 0.461 e. The van der Waals surface area contributed by atoms with Gasteiger partial charge >= 0.3 is 0 Å². The highest BCUT2D eigenvalue weighted by atomic mass is 79.9. The maximum Gasteiger partial charge on any atom is 0.135 e. The van der Waals surface area contributed by atoms with Crippen LogP contribution in [-0.2, 0) is 6.42 Å². The third-order valence-corrected chi connectivity index (χ3v) is 2.42. The first-order valence-corrected chi connectivity index (χ1v) is 5.97. The van der Waals surface area contributed by atoms with Gasteiger partial charge in [-0.25, -0.2) is 0 Å². The van der Waals surface area contributed by atoms with Crippen LogP contribution in [0.3, 0.4) is 0 Å². The predicted molar refractivity (Wildman–Crippen MR) is 68.0 cm³/mol. The molecule has 0 atom stereocenters. The number of halogens is 1. The normalized spacial score (nSPS) is 9.87. The maximum absolute atomic E-state index is 5.58. The average Bonchev–Trinajstić information content (AvgIpc) is 2.63. The summed E-state index contributed by atoms with van der Waals surface area (Å²) in [6, 6.07) is 8.04. The SMILES string of the molecule is CC.NCCc1cc2ccc(Br)cc2o1. The Balaban J connectivity index is 0.000000531. The highest BCUT2D eigenvalue weighted by molar-refractivity contribution is 9.10. The molecule has 2 nitrogen and oxygen atoms in total. The molecule has 3 heteroatoms. The van der Waals surface area contributed by atoms with Crippen LogP contribution in [0.25, 0.3) is 11.0 Å². The van der Waals surface area contributed by atoms with Gasteiger partial charge in [-0.3, -0.25) is 0 Å². The Bertz CT molecular complexity index is 422. The number of nitrogens with two attached hydrogens (primary N) is 1. The zero-order chi connectivity index (χ0) is 11.3. The monoisotopic (exact) mass is 269 g/mol. The third-order valence-electron chi connectivity index (χ3n) is 1.92. The maximum atomic E-state index is 5.58. The van der Waals surface area contributed by atoms with E-state index in [2.05, 4.69) is 15.9 Å². The van der Waals surface area contributed by atoms with Crippen LogP contribution in [0, 0.1) is 0 Å². The highest BCUT2D eigenvalue weighted by Crippen LogP contribution is 2.23. The van der Waals surface area contributed by atoms with Crippen LogP contribution < -0.4 is 5.73 Å². The summed E-state index contributed by atoms with van der Waals surface area (Å²) in [6.45, 7) is 4.63. The van der Waals surface area contributed by atoms with Gasteiger partial charge in [-0.05, 0) is 30.8 Å². The number of furan rings is 1. The Morgan fingerprint density at radius 1 is 1.27 bits per heavy atom. The van der Waals surface area contributed by atoms with Gasteiger partial charge in [0.2, 0.25) is 0 Å². The molecule has 0 fully saturated rings. The molecule has 1 aromatic heterocycles. The lowest BCUT2D eigenvalue weighted by molar-refractivity contribution is 0.550. The van der Waals surface area contributed by atoms with Crippen molar-refractivity contribution in [1.82, 2.24) is 0 Å². The number of fused-ring (bicyclic) bond motifs is 1. The topological polar surface area (TPSA) is 39.2 Å². The minimum Gasteiger partial charge on any atom is -0.461 e. The molecule has 0 saturated heterocycles. The van der Waals surface area contributed by atoms with Gasteiger partial charge < -0.3 is 10.2 Å². The summed E-state index contributed by atoms with van der Waals surface area (Å²) in [5.41, 5.74) is 6.36. The van der Waals surface area contributed by atoms with Crippen LogP contribution in [0.15, 0.2) is 33.2 Å². The molecule has 0 aliphatic carbocycles. The summed E-state index contributed by atoms with van der Waals surface area (Å²) in [7, 11) is 0. The van der Waals surface area contributed by atoms with E-state index in [1.165, 1.54) is 0 Å². The van der Waals surface area contributed by atoms with Gasteiger partial charge in [0.1, 0.15) is 11.3 Å². The Morgan fingerprint density at radius 3 is 2.67 bits per heavy atom. The van der Waals surface area contributed by atoms with Crippen molar-refractivity contribution in [3.05, 3.63) is 34.5 Å². The molecule has 1 heterocycles. The van der Waals surface area contributed by atoms with Crippen molar-refractivity contribution in [1.29, 1.82) is 0 Å². The molecule has 2 aromatic rings. The van der Waals surface area contributed by atoms with Crippen LogP contribution >= 0.6 is 15.9 Å². The molecule has 0 aliphatic heterocycles. The predicted octanol–water partition coefficient (Wildman–Crippen LogP) is 3.72. The zero-order valence-electron chi connectivity index (χ0n) is 9.09. The van der Waals surface area contributed by atoms with E-state index in [1.54, 1.807) is 0 Å². The van der Waals surface area contributed by atoms with Crippen molar-refractivity contribution in [3.8, 4) is 0 Å². The molecule has 0 saturated carbocycles. The van der Waals surface area contributed by atoms with Crippen molar-refractivity contribution in [2.75, 3.05) is 6.54 Å². The average molecular weight is 270 g/mol. The van der Waals surface area contributed by atoms with E-state index in [9.17, 15) is 0 Å². The van der Waals surface area contributed by atoms with Gasteiger partial charge in [-0.15, -0.1) is 0 Å². The number of rotatable bonds is 2. The standard InChI is InChI=1S/C10H10BrNO.C2H6/c11-8-2-1-7-5-9(3-4-12)13-10(7)6-8;1-2/h1-2,5-6H,3-4,12H2;1-2H3. The van der Waals surface area contributed by atoms with Gasteiger partial charge in [-0.2, -0.15) is 0 Å². The van der Waals surface area contributed by atoms with E-state index < -0.39 is 0 Å². The Labute approximate surface area is 98.6 Å². The second-order valence-corrected chi connectivity index (χ2v) is 3.85. The lowest BCUT2D eigenvalue weighted by atomic mass is 10.2. The Kier molecular flexibility index (Phi) is 4.85. The van der Waals surface area contributed by atoms with Crippen LogP contribution in [0.1, 0.15) is 19.6 Å². The number of hydrogen-bond donors (Lipinski definition) is 1. The molecule has 82 valence electrons. The van der Waals surface area contributed by atoms with Crippen LogP contribution in [0.5, 0.6) is 0 Å². The Morgan fingerprint density at radius 2 is 2.00 bits per heavy atom. The first kappa shape index (κ1) is 12.3. The molecular formula is C12H16BrNO. The van der Waals surface area contributed by atoms with E-state index in [-0.39, 0.29) is 0 Å². The fraction of sp³-hybridized carbons (Fsp3) is 0.333. The smallest absolute Gasteiger partial charge is 0.135 e. The molecule has 0 radical (unpaired) electrons. The van der Waals surface area contributed by atoms with Crippen molar-refractivity contribution in [3.63, 3.8) is 0 Å². The number of hydrogen-bond acceptors (Lipinski definition) is 2. The third kappa shape index (κ3) is 3.08.